The molecular formula is C15H19F3N4O2. The molecule has 1 aromatic carbocycles. The van der Waals surface area contributed by atoms with Crippen LogP contribution in [0.15, 0.2) is 30.3 Å². The highest BCUT2D eigenvalue weighted by Crippen LogP contribution is 2.17. The summed E-state index contributed by atoms with van der Waals surface area (Å²) in [5, 5.41) is 4.72. The first kappa shape index (κ1) is 18.2. The van der Waals surface area contributed by atoms with Gasteiger partial charge in [0.25, 0.3) is 0 Å². The molecule has 9 heteroatoms. The molecule has 0 radical (unpaired) electrons. The second-order valence-corrected chi connectivity index (χ2v) is 5.54. The summed E-state index contributed by atoms with van der Waals surface area (Å²) < 4.78 is 36.9. The fraction of sp³-hybridized carbons (Fsp3) is 0.467. The number of carbonyl (C=O) groups is 2. The number of carbonyl (C=O) groups excluding carboxylic acids is 2. The molecule has 1 fully saturated rings. The van der Waals surface area contributed by atoms with Gasteiger partial charge in [-0.3, -0.25) is 19.9 Å². The zero-order valence-electron chi connectivity index (χ0n) is 13.0. The first-order valence-electron chi connectivity index (χ1n) is 7.49. The number of rotatable bonds is 4. The Hall–Kier alpha value is -2.13. The van der Waals surface area contributed by atoms with Gasteiger partial charge in [0.2, 0.25) is 5.91 Å². The number of nitrogens with one attached hydrogen (secondary N) is 2. The minimum Gasteiger partial charge on any atom is -0.308 e. The number of alkyl halides is 3. The van der Waals surface area contributed by atoms with Crippen LogP contribution >= 0.6 is 0 Å². The molecule has 1 saturated heterocycles. The maximum atomic E-state index is 12.3. The third-order valence-corrected chi connectivity index (χ3v) is 3.52. The SMILES string of the molecule is O=C(CN1CCN(CC(F)(F)F)CC1)NC(=O)Nc1ccccc1. The molecule has 1 aliphatic rings. The van der Waals surface area contributed by atoms with Gasteiger partial charge in [-0.2, -0.15) is 13.2 Å². The molecular weight excluding hydrogens is 325 g/mol. The van der Waals surface area contributed by atoms with E-state index < -0.39 is 24.7 Å². The van der Waals surface area contributed by atoms with E-state index in [0.717, 1.165) is 0 Å². The third-order valence-electron chi connectivity index (χ3n) is 3.52. The van der Waals surface area contributed by atoms with Crippen molar-refractivity contribution in [3.8, 4) is 0 Å². The van der Waals surface area contributed by atoms with Crippen molar-refractivity contribution >= 4 is 17.6 Å². The molecule has 3 amide bonds. The van der Waals surface area contributed by atoms with Crippen molar-refractivity contribution in [2.24, 2.45) is 0 Å². The number of hydrogen-bond acceptors (Lipinski definition) is 4. The summed E-state index contributed by atoms with van der Waals surface area (Å²) in [7, 11) is 0. The minimum absolute atomic E-state index is 0.0257. The van der Waals surface area contributed by atoms with Crippen LogP contribution in [0, 0.1) is 0 Å². The van der Waals surface area contributed by atoms with Gasteiger partial charge in [0, 0.05) is 31.9 Å². The molecule has 0 aliphatic carbocycles. The van der Waals surface area contributed by atoms with E-state index in [1.54, 1.807) is 35.2 Å². The van der Waals surface area contributed by atoms with Crippen LogP contribution in [0.3, 0.4) is 0 Å². The molecule has 132 valence electrons. The summed E-state index contributed by atoms with van der Waals surface area (Å²) in [6.45, 7) is 0.216. The van der Waals surface area contributed by atoms with Crippen LogP contribution in [-0.4, -0.2) is 67.2 Å². The predicted octanol–water partition coefficient (Wildman–Crippen LogP) is 1.51. The molecule has 0 bridgehead atoms. The van der Waals surface area contributed by atoms with Crippen LogP contribution in [0.5, 0.6) is 0 Å². The molecule has 0 spiro atoms. The van der Waals surface area contributed by atoms with Gasteiger partial charge in [-0.15, -0.1) is 0 Å². The quantitative estimate of drug-likeness (QED) is 0.869. The van der Waals surface area contributed by atoms with Crippen molar-refractivity contribution in [1.82, 2.24) is 15.1 Å². The number of hydrogen-bond donors (Lipinski definition) is 2. The summed E-state index contributed by atoms with van der Waals surface area (Å²) in [6.07, 6.45) is -4.21. The minimum atomic E-state index is -4.21. The van der Waals surface area contributed by atoms with E-state index >= 15 is 0 Å². The lowest BCUT2D eigenvalue weighted by molar-refractivity contribution is -0.149. The summed E-state index contributed by atoms with van der Waals surface area (Å²) in [4.78, 5) is 26.5. The van der Waals surface area contributed by atoms with Gasteiger partial charge in [-0.05, 0) is 12.1 Å². The van der Waals surface area contributed by atoms with Crippen LogP contribution < -0.4 is 10.6 Å². The number of halogens is 3. The van der Waals surface area contributed by atoms with Crippen molar-refractivity contribution in [3.63, 3.8) is 0 Å². The maximum absolute atomic E-state index is 12.3. The molecule has 1 heterocycles. The number of piperazine rings is 1. The number of urea groups is 1. The standard InChI is InChI=1S/C15H19F3N4O2/c16-15(17,18)11-22-8-6-21(7-9-22)10-13(23)20-14(24)19-12-4-2-1-3-5-12/h1-5H,6-11H2,(H2,19,20,23,24). The summed E-state index contributed by atoms with van der Waals surface area (Å²) in [6, 6.07) is 8.03. The van der Waals surface area contributed by atoms with Crippen LogP contribution in [0.25, 0.3) is 0 Å². The Bertz CT molecular complexity index is 558. The summed E-state index contributed by atoms with van der Waals surface area (Å²) in [5.74, 6) is -0.493. The summed E-state index contributed by atoms with van der Waals surface area (Å²) >= 11 is 0. The number of nitrogens with zero attached hydrogens (tertiary/aromatic N) is 2. The molecule has 6 nitrogen and oxygen atoms in total. The second kappa shape index (κ2) is 8.11. The molecule has 1 aromatic rings. The lowest BCUT2D eigenvalue weighted by atomic mass is 10.3. The fourth-order valence-electron chi connectivity index (χ4n) is 2.41. The molecule has 0 saturated carbocycles. The Morgan fingerprint density at radius 2 is 1.58 bits per heavy atom. The van der Waals surface area contributed by atoms with E-state index in [1.165, 1.54) is 4.90 Å². The Labute approximate surface area is 137 Å². The van der Waals surface area contributed by atoms with Crippen molar-refractivity contribution in [1.29, 1.82) is 0 Å². The zero-order chi connectivity index (χ0) is 17.6. The number of anilines is 1. The maximum Gasteiger partial charge on any atom is 0.401 e. The number of imide groups is 1. The molecule has 2 rings (SSSR count). The average Bonchev–Trinajstić information content (AvgIpc) is 2.48. The molecule has 2 N–H and O–H groups in total. The van der Waals surface area contributed by atoms with Crippen LogP contribution in [0.4, 0.5) is 23.7 Å². The highest BCUT2D eigenvalue weighted by Gasteiger charge is 2.32. The highest BCUT2D eigenvalue weighted by molar-refractivity contribution is 6.01. The number of benzene rings is 1. The van der Waals surface area contributed by atoms with E-state index in [4.69, 9.17) is 0 Å². The van der Waals surface area contributed by atoms with E-state index in [0.29, 0.717) is 18.8 Å². The van der Waals surface area contributed by atoms with Gasteiger partial charge in [0.15, 0.2) is 0 Å². The van der Waals surface area contributed by atoms with Gasteiger partial charge in [-0.25, -0.2) is 4.79 Å². The first-order valence-corrected chi connectivity index (χ1v) is 7.49. The molecule has 0 aromatic heterocycles. The number of para-hydroxylation sites is 1. The van der Waals surface area contributed by atoms with Gasteiger partial charge in [0.05, 0.1) is 13.1 Å². The van der Waals surface area contributed by atoms with Crippen LogP contribution in [0.2, 0.25) is 0 Å². The molecule has 24 heavy (non-hydrogen) atoms. The van der Waals surface area contributed by atoms with Crippen molar-refractivity contribution in [3.05, 3.63) is 30.3 Å². The lowest BCUT2D eigenvalue weighted by Crippen LogP contribution is -2.52. The average molecular weight is 344 g/mol. The van der Waals surface area contributed by atoms with E-state index in [2.05, 4.69) is 10.6 Å². The largest absolute Gasteiger partial charge is 0.401 e. The van der Waals surface area contributed by atoms with Gasteiger partial charge >= 0.3 is 12.2 Å². The van der Waals surface area contributed by atoms with Crippen molar-refractivity contribution in [2.75, 3.05) is 44.6 Å². The molecule has 0 atom stereocenters. The number of amides is 3. The lowest BCUT2D eigenvalue weighted by Gasteiger charge is -2.34. The van der Waals surface area contributed by atoms with E-state index in [9.17, 15) is 22.8 Å². The predicted molar refractivity (Wildman–Crippen MR) is 82.5 cm³/mol. The Kier molecular flexibility index (Phi) is 6.16. The van der Waals surface area contributed by atoms with Crippen LogP contribution in [0.1, 0.15) is 0 Å². The topological polar surface area (TPSA) is 64.7 Å². The first-order chi connectivity index (χ1) is 11.3. The molecule has 0 unspecified atom stereocenters. The smallest absolute Gasteiger partial charge is 0.308 e. The second-order valence-electron chi connectivity index (χ2n) is 5.54. The van der Waals surface area contributed by atoms with Crippen molar-refractivity contribution in [2.45, 2.75) is 6.18 Å². The monoisotopic (exact) mass is 344 g/mol. The van der Waals surface area contributed by atoms with E-state index in [-0.39, 0.29) is 19.6 Å². The van der Waals surface area contributed by atoms with Gasteiger partial charge in [-0.1, -0.05) is 18.2 Å². The molecule has 1 aliphatic heterocycles. The van der Waals surface area contributed by atoms with E-state index in [1.807, 2.05) is 0 Å². The zero-order valence-corrected chi connectivity index (χ0v) is 13.0. The Morgan fingerprint density at radius 3 is 2.17 bits per heavy atom. The van der Waals surface area contributed by atoms with Gasteiger partial charge < -0.3 is 5.32 Å². The summed E-state index contributed by atoms with van der Waals surface area (Å²) in [5.41, 5.74) is 0.559. The third kappa shape index (κ3) is 6.55. The van der Waals surface area contributed by atoms with Crippen LogP contribution in [-0.2, 0) is 4.79 Å². The highest BCUT2D eigenvalue weighted by atomic mass is 19.4. The Balaban J connectivity index is 1.69. The normalized spacial score (nSPS) is 16.6. The van der Waals surface area contributed by atoms with Crippen molar-refractivity contribution < 1.29 is 22.8 Å². The van der Waals surface area contributed by atoms with Gasteiger partial charge in [0.1, 0.15) is 0 Å². The fourth-order valence-corrected chi connectivity index (χ4v) is 2.41. The Morgan fingerprint density at radius 1 is 1.00 bits per heavy atom.